The highest BCUT2D eigenvalue weighted by molar-refractivity contribution is 7.99. The van der Waals surface area contributed by atoms with Crippen LogP contribution in [0.4, 0.5) is 0 Å². The fourth-order valence-electron chi connectivity index (χ4n) is 5.59. The van der Waals surface area contributed by atoms with Gasteiger partial charge in [-0.05, 0) is 26.0 Å². The van der Waals surface area contributed by atoms with Crippen LogP contribution in [0.2, 0.25) is 0 Å². The number of rotatable bonds is 0. The van der Waals surface area contributed by atoms with Gasteiger partial charge in [-0.2, -0.15) is 0 Å². The molecule has 3 aromatic carbocycles. The molecule has 2 aliphatic rings. The van der Waals surface area contributed by atoms with Crippen molar-refractivity contribution in [1.29, 1.82) is 0 Å². The van der Waals surface area contributed by atoms with Crippen molar-refractivity contribution in [3.8, 4) is 0 Å². The Kier molecular flexibility index (Phi) is 2.90. The third-order valence-corrected chi connectivity index (χ3v) is 7.81. The number of nitrogens with zero attached hydrogens (tertiary/aromatic N) is 2. The van der Waals surface area contributed by atoms with Crippen molar-refractivity contribution in [3.05, 3.63) is 59.7 Å². The van der Waals surface area contributed by atoms with Crippen LogP contribution in [0.5, 0.6) is 0 Å². The van der Waals surface area contributed by atoms with E-state index >= 15 is 0 Å². The number of para-hydroxylation sites is 2. The van der Waals surface area contributed by atoms with E-state index in [4.69, 9.17) is 0 Å². The maximum atomic E-state index is 13.0. The first-order valence-electron chi connectivity index (χ1n) is 10.1. The summed E-state index contributed by atoms with van der Waals surface area (Å²) in [5.74, 6) is -0.594. The lowest BCUT2D eigenvalue weighted by atomic mass is 9.96. The fraction of sp³-hybridized carbons (Fsp3) is 0.167. The number of aromatic nitrogens is 2. The second-order valence-corrected chi connectivity index (χ2v) is 9.73. The third kappa shape index (κ3) is 1.70. The summed E-state index contributed by atoms with van der Waals surface area (Å²) in [6, 6.07) is 16.4. The highest BCUT2D eigenvalue weighted by Gasteiger charge is 2.38. The van der Waals surface area contributed by atoms with E-state index in [1.165, 1.54) is 0 Å². The number of hydrogen-bond donors (Lipinski definition) is 1. The van der Waals surface area contributed by atoms with Crippen LogP contribution < -0.4 is 5.32 Å². The van der Waals surface area contributed by atoms with Crippen molar-refractivity contribution in [1.82, 2.24) is 14.5 Å². The molecule has 5 nitrogen and oxygen atoms in total. The van der Waals surface area contributed by atoms with Crippen LogP contribution >= 0.6 is 11.8 Å². The second kappa shape index (κ2) is 5.26. The van der Waals surface area contributed by atoms with E-state index in [2.05, 4.69) is 52.6 Å². The summed E-state index contributed by atoms with van der Waals surface area (Å²) in [5, 5.41) is 6.76. The summed E-state index contributed by atoms with van der Waals surface area (Å²) in [7, 11) is 0. The molecular formula is C24H17N3O2S. The van der Waals surface area contributed by atoms with Gasteiger partial charge >= 0.3 is 0 Å². The summed E-state index contributed by atoms with van der Waals surface area (Å²) in [6.45, 7) is 4.43. The van der Waals surface area contributed by atoms with Gasteiger partial charge in [0.05, 0.1) is 43.9 Å². The topological polar surface area (TPSA) is 56.0 Å². The summed E-state index contributed by atoms with van der Waals surface area (Å²) >= 11 is 1.88. The minimum absolute atomic E-state index is 0.183. The molecule has 30 heavy (non-hydrogen) atoms. The Morgan fingerprint density at radius 1 is 0.733 bits per heavy atom. The molecule has 6 heteroatoms. The maximum absolute atomic E-state index is 13.0. The van der Waals surface area contributed by atoms with Crippen molar-refractivity contribution >= 4 is 67.2 Å². The van der Waals surface area contributed by atoms with Crippen molar-refractivity contribution < 1.29 is 9.59 Å². The number of fused-ring (bicyclic) bond motifs is 9. The molecule has 0 spiro atoms. The second-order valence-electron chi connectivity index (χ2n) is 8.09. The number of benzene rings is 3. The van der Waals surface area contributed by atoms with E-state index < -0.39 is 0 Å². The lowest BCUT2D eigenvalue weighted by Gasteiger charge is -2.19. The van der Waals surface area contributed by atoms with Crippen LogP contribution in [0.1, 0.15) is 45.3 Å². The molecule has 0 saturated heterocycles. The molecule has 4 heterocycles. The van der Waals surface area contributed by atoms with Crippen molar-refractivity contribution in [3.63, 3.8) is 0 Å². The van der Waals surface area contributed by atoms with Crippen LogP contribution in [0.25, 0.3) is 43.6 Å². The molecule has 0 aliphatic carbocycles. The van der Waals surface area contributed by atoms with Gasteiger partial charge in [0.25, 0.3) is 11.8 Å². The smallest absolute Gasteiger partial charge is 0.259 e. The van der Waals surface area contributed by atoms with Gasteiger partial charge in [0.2, 0.25) is 0 Å². The molecule has 0 bridgehead atoms. The predicted molar refractivity (Wildman–Crippen MR) is 121 cm³/mol. The van der Waals surface area contributed by atoms with Gasteiger partial charge in [-0.3, -0.25) is 14.9 Å². The summed E-state index contributed by atoms with van der Waals surface area (Å²) < 4.78 is 4.71. The van der Waals surface area contributed by atoms with E-state index in [1.807, 2.05) is 36.0 Å². The summed E-state index contributed by atoms with van der Waals surface area (Å²) in [4.78, 5) is 26.1. The molecule has 0 saturated carbocycles. The number of nitrogens with one attached hydrogen (secondary N) is 1. The maximum Gasteiger partial charge on any atom is 0.259 e. The number of carbonyl (C=O) groups excluding carboxylic acids is 2. The Balaban J connectivity index is 1.95. The minimum atomic E-state index is -0.297. The number of imide groups is 1. The zero-order valence-electron chi connectivity index (χ0n) is 16.4. The molecule has 0 radical (unpaired) electrons. The lowest BCUT2D eigenvalue weighted by molar-refractivity contribution is 0.0880. The van der Waals surface area contributed by atoms with Gasteiger partial charge in [0, 0.05) is 21.5 Å². The summed E-state index contributed by atoms with van der Waals surface area (Å²) in [6.07, 6.45) is 0. The quantitative estimate of drug-likeness (QED) is 0.339. The minimum Gasteiger partial charge on any atom is -0.326 e. The van der Waals surface area contributed by atoms with Crippen LogP contribution in [0.3, 0.4) is 0 Å². The van der Waals surface area contributed by atoms with E-state index in [-0.39, 0.29) is 22.6 Å². The average molecular weight is 411 g/mol. The van der Waals surface area contributed by atoms with Gasteiger partial charge in [-0.15, -0.1) is 11.8 Å². The van der Waals surface area contributed by atoms with Crippen LogP contribution in [0.15, 0.2) is 48.5 Å². The molecule has 2 aromatic heterocycles. The average Bonchev–Trinajstić information content (AvgIpc) is 3.32. The van der Waals surface area contributed by atoms with Crippen molar-refractivity contribution in [2.45, 2.75) is 24.6 Å². The highest BCUT2D eigenvalue weighted by atomic mass is 32.2. The number of hydrogen-bond acceptors (Lipinski definition) is 3. The SMILES string of the molecule is C[C@H]1S[C@H](C)n2c3ccccc3c3c4c(c5c6ccccc6n1c5c32)C(=O)NC4=O. The predicted octanol–water partition coefficient (Wildman–Crippen LogP) is 5.57. The van der Waals surface area contributed by atoms with Gasteiger partial charge in [0.15, 0.2) is 0 Å². The Bertz CT molecular complexity index is 1510. The molecule has 0 fully saturated rings. The number of amides is 2. The third-order valence-electron chi connectivity index (χ3n) is 6.60. The molecule has 5 aromatic rings. The molecule has 2 atom stereocenters. The first-order chi connectivity index (χ1) is 14.6. The Hall–Kier alpha value is -3.25. The normalized spacial score (nSPS) is 20.6. The zero-order valence-corrected chi connectivity index (χ0v) is 17.2. The van der Waals surface area contributed by atoms with Crippen LogP contribution in [-0.2, 0) is 0 Å². The van der Waals surface area contributed by atoms with E-state index in [9.17, 15) is 9.59 Å². The van der Waals surface area contributed by atoms with Gasteiger partial charge in [-0.1, -0.05) is 36.4 Å². The van der Waals surface area contributed by atoms with Gasteiger partial charge in [-0.25, -0.2) is 0 Å². The molecule has 2 aliphatic heterocycles. The van der Waals surface area contributed by atoms with E-state index in [0.717, 1.165) is 43.6 Å². The lowest BCUT2D eigenvalue weighted by Crippen LogP contribution is -2.20. The molecule has 146 valence electrons. The van der Waals surface area contributed by atoms with Crippen molar-refractivity contribution in [2.24, 2.45) is 0 Å². The monoisotopic (exact) mass is 411 g/mol. The molecular weight excluding hydrogens is 394 g/mol. The largest absolute Gasteiger partial charge is 0.326 e. The first kappa shape index (κ1) is 16.5. The molecule has 7 rings (SSSR count). The molecule has 2 amide bonds. The first-order valence-corrected chi connectivity index (χ1v) is 11.0. The van der Waals surface area contributed by atoms with E-state index in [1.54, 1.807) is 0 Å². The van der Waals surface area contributed by atoms with Gasteiger partial charge in [0.1, 0.15) is 0 Å². The molecule has 1 N–H and O–H groups in total. The summed E-state index contributed by atoms with van der Waals surface area (Å²) in [5.41, 5.74) is 5.34. The molecule has 0 unspecified atom stereocenters. The van der Waals surface area contributed by atoms with Gasteiger partial charge < -0.3 is 9.13 Å². The fourth-order valence-corrected chi connectivity index (χ4v) is 6.84. The highest BCUT2D eigenvalue weighted by Crippen LogP contribution is 2.52. The van der Waals surface area contributed by atoms with Crippen molar-refractivity contribution in [2.75, 3.05) is 0 Å². The Morgan fingerprint density at radius 3 is 1.63 bits per heavy atom. The van der Waals surface area contributed by atoms with Crippen LogP contribution in [-0.4, -0.2) is 20.9 Å². The van der Waals surface area contributed by atoms with E-state index in [0.29, 0.717) is 11.1 Å². The zero-order chi connectivity index (χ0) is 20.3. The van der Waals surface area contributed by atoms with Crippen LogP contribution in [0, 0.1) is 0 Å². The Morgan fingerprint density at radius 2 is 1.17 bits per heavy atom. The standard InChI is InChI=1S/C24H17N3O2S/c1-11-26-15-9-5-3-7-13(15)17-19-20(24(29)25-23(19)28)18-14-8-4-6-10-16(14)27(12(2)30-11)22(18)21(17)26/h3-12H,1-2H3,(H,25,28,29)/t11-,12-/m1/s1. The number of thioether (sulfide) groups is 1. The number of carbonyl (C=O) groups is 2. The Labute approximate surface area is 175 Å².